The van der Waals surface area contributed by atoms with Crippen molar-refractivity contribution in [2.75, 3.05) is 69.8 Å². The monoisotopic (exact) mass is 782 g/mol. The van der Waals surface area contributed by atoms with E-state index < -0.39 is 27.5 Å². The lowest BCUT2D eigenvalue weighted by atomic mass is 9.68. The zero-order valence-electron chi connectivity index (χ0n) is 31.9. The maximum Gasteiger partial charge on any atom is 0.420 e. The molecule has 13 heteroatoms. The van der Waals surface area contributed by atoms with Gasteiger partial charge in [0.05, 0.1) is 44.0 Å². The van der Waals surface area contributed by atoms with Gasteiger partial charge in [-0.25, -0.2) is 13.7 Å². The molecular formula is C41H55ClN4O7S. The van der Waals surface area contributed by atoms with Crippen molar-refractivity contribution >= 4 is 39.2 Å². The molecule has 294 valence electrons. The SMILES string of the molecule is CC(C)(C)OC(=O)N[S@]1(=O)=NC(=O)c2ccc3c(c2)N(C[C@@H]2CC[C@H]2[C@@H](OCCN2CCOCC2)/C=C/CCC1)C[C@@]1(CCCc2cc(Cl)ccc21)CO3. The Morgan fingerprint density at radius 1 is 1.13 bits per heavy atom. The lowest BCUT2D eigenvalue weighted by molar-refractivity contribution is -0.0314. The zero-order chi connectivity index (χ0) is 37.9. The largest absolute Gasteiger partial charge is 0.490 e. The van der Waals surface area contributed by atoms with Crippen molar-refractivity contribution in [3.05, 3.63) is 70.3 Å². The van der Waals surface area contributed by atoms with Gasteiger partial charge in [-0.05, 0) is 119 Å². The Kier molecular flexibility index (Phi) is 12.0. The summed E-state index contributed by atoms with van der Waals surface area (Å²) in [5.41, 5.74) is 2.55. The van der Waals surface area contributed by atoms with Gasteiger partial charge in [0.2, 0.25) is 0 Å². The van der Waals surface area contributed by atoms with Crippen LogP contribution in [-0.2, 0) is 36.0 Å². The number of aryl methyl sites for hydroxylation is 1. The Balaban J connectivity index is 1.24. The molecule has 0 unspecified atom stereocenters. The number of ether oxygens (including phenoxy) is 4. The van der Waals surface area contributed by atoms with Crippen LogP contribution in [0.25, 0.3) is 0 Å². The third kappa shape index (κ3) is 9.26. The van der Waals surface area contributed by atoms with Gasteiger partial charge >= 0.3 is 6.09 Å². The molecule has 1 saturated carbocycles. The molecule has 7 rings (SSSR count). The fraction of sp³-hybridized carbons (Fsp3) is 0.610. The van der Waals surface area contributed by atoms with Crippen LogP contribution < -0.4 is 14.4 Å². The molecule has 2 fully saturated rings. The molecule has 11 nitrogen and oxygen atoms in total. The van der Waals surface area contributed by atoms with E-state index >= 15 is 0 Å². The first-order valence-electron chi connectivity index (χ1n) is 19.6. The summed E-state index contributed by atoms with van der Waals surface area (Å²) in [6.07, 6.45) is 9.46. The smallest absolute Gasteiger partial charge is 0.420 e. The van der Waals surface area contributed by atoms with Crippen molar-refractivity contribution in [3.8, 4) is 5.75 Å². The molecule has 5 aliphatic rings. The number of carbonyl (C=O) groups is 2. The van der Waals surface area contributed by atoms with Crippen molar-refractivity contribution in [2.24, 2.45) is 16.2 Å². The Labute approximate surface area is 325 Å². The van der Waals surface area contributed by atoms with Crippen LogP contribution in [0.4, 0.5) is 10.5 Å². The van der Waals surface area contributed by atoms with Crippen LogP contribution in [0.3, 0.4) is 0 Å². The Morgan fingerprint density at radius 2 is 1.96 bits per heavy atom. The van der Waals surface area contributed by atoms with Crippen LogP contribution in [0.5, 0.6) is 5.75 Å². The fourth-order valence-electron chi connectivity index (χ4n) is 8.61. The molecule has 54 heavy (non-hydrogen) atoms. The lowest BCUT2D eigenvalue weighted by Crippen LogP contribution is -2.50. The third-order valence-corrected chi connectivity index (χ3v) is 13.5. The van der Waals surface area contributed by atoms with Crippen LogP contribution in [0.1, 0.15) is 80.8 Å². The molecule has 2 aromatic carbocycles. The second-order valence-electron chi connectivity index (χ2n) is 16.5. The van der Waals surface area contributed by atoms with Crippen molar-refractivity contribution in [3.63, 3.8) is 0 Å². The minimum absolute atomic E-state index is 0.0109. The van der Waals surface area contributed by atoms with Gasteiger partial charge in [-0.2, -0.15) is 0 Å². The first-order chi connectivity index (χ1) is 25.9. The molecule has 1 spiro atoms. The van der Waals surface area contributed by atoms with E-state index in [-0.39, 0.29) is 22.8 Å². The standard InChI is InChI=1S/C41H55ClN4O7S/c1-40(2,3)53-39(48)44-54(49)23-6-4-5-9-36(51-22-19-45-17-20-50-21-18-45)33-13-10-31(33)26-46-27-41(16-7-8-29-24-32(42)12-14-34(29)41)28-52-37-15-11-30(25-35(37)46)38(47)43-54/h5,9,11-12,14-15,24-25,31,33,36H,4,6-8,10,13,16-23,26-28H2,1-3H3,(H,43,44,47,48,49)/b9-5+/t31-,33+,36-,41-,54+/m0/s1. The number of hydrogen-bond donors (Lipinski definition) is 1. The molecule has 5 atom stereocenters. The minimum Gasteiger partial charge on any atom is -0.490 e. The van der Waals surface area contributed by atoms with Gasteiger partial charge in [0.15, 0.2) is 0 Å². The van der Waals surface area contributed by atoms with Crippen LogP contribution >= 0.6 is 11.6 Å². The summed E-state index contributed by atoms with van der Waals surface area (Å²) in [6, 6.07) is 11.6. The molecule has 1 saturated heterocycles. The zero-order valence-corrected chi connectivity index (χ0v) is 33.4. The second kappa shape index (κ2) is 16.5. The van der Waals surface area contributed by atoms with E-state index in [9.17, 15) is 13.8 Å². The highest BCUT2D eigenvalue weighted by atomic mass is 35.5. The number of morpholine rings is 1. The van der Waals surface area contributed by atoms with E-state index in [1.807, 2.05) is 18.2 Å². The summed E-state index contributed by atoms with van der Waals surface area (Å²) in [6.45, 7) is 12.0. The summed E-state index contributed by atoms with van der Waals surface area (Å²) >= 11 is 6.49. The average Bonchev–Trinajstić information content (AvgIpc) is 3.25. The number of nitrogens with one attached hydrogen (secondary N) is 1. The normalized spacial score (nSPS) is 29.7. The number of fused-ring (bicyclic) bond motifs is 4. The van der Waals surface area contributed by atoms with Crippen molar-refractivity contribution in [2.45, 2.75) is 82.8 Å². The van der Waals surface area contributed by atoms with Gasteiger partial charge in [0.1, 0.15) is 21.3 Å². The van der Waals surface area contributed by atoms with Crippen LogP contribution in [0, 0.1) is 11.8 Å². The highest BCUT2D eigenvalue weighted by Crippen LogP contribution is 2.47. The fourth-order valence-corrected chi connectivity index (χ4v) is 10.3. The molecule has 2 amide bonds. The van der Waals surface area contributed by atoms with Crippen molar-refractivity contribution < 1.29 is 32.7 Å². The van der Waals surface area contributed by atoms with Gasteiger partial charge in [-0.15, -0.1) is 4.36 Å². The molecule has 2 aliphatic carbocycles. The summed E-state index contributed by atoms with van der Waals surface area (Å²) in [7, 11) is -3.52. The van der Waals surface area contributed by atoms with Gasteiger partial charge in [0, 0.05) is 48.7 Å². The summed E-state index contributed by atoms with van der Waals surface area (Å²) in [5, 5.41) is 0.739. The topological polar surface area (TPSA) is 119 Å². The van der Waals surface area contributed by atoms with Gasteiger partial charge in [-0.1, -0.05) is 29.8 Å². The van der Waals surface area contributed by atoms with Gasteiger partial charge in [-0.3, -0.25) is 9.69 Å². The molecular weight excluding hydrogens is 728 g/mol. The minimum atomic E-state index is -3.52. The number of nitrogens with zero attached hydrogens (tertiary/aromatic N) is 3. The van der Waals surface area contributed by atoms with Crippen LogP contribution in [0.2, 0.25) is 5.02 Å². The van der Waals surface area contributed by atoms with Crippen molar-refractivity contribution in [1.82, 2.24) is 9.62 Å². The van der Waals surface area contributed by atoms with E-state index in [4.69, 9.17) is 30.5 Å². The number of carbonyl (C=O) groups excluding carboxylic acids is 2. The molecule has 3 aliphatic heterocycles. The van der Waals surface area contributed by atoms with E-state index in [0.717, 1.165) is 82.2 Å². The molecule has 3 heterocycles. The molecule has 0 radical (unpaired) electrons. The number of anilines is 1. The quantitative estimate of drug-likeness (QED) is 0.322. The van der Waals surface area contributed by atoms with Gasteiger partial charge in [0.25, 0.3) is 5.91 Å². The molecule has 2 aromatic rings. The van der Waals surface area contributed by atoms with E-state index in [2.05, 4.69) is 43.2 Å². The molecule has 2 bridgehead atoms. The Hall–Kier alpha value is -3.16. The first kappa shape index (κ1) is 39.1. The number of benzene rings is 2. The maximum absolute atomic E-state index is 14.3. The Bertz CT molecular complexity index is 1850. The van der Waals surface area contributed by atoms with Crippen LogP contribution in [-0.4, -0.2) is 97.7 Å². The highest BCUT2D eigenvalue weighted by molar-refractivity contribution is 7.92. The Morgan fingerprint density at radius 3 is 2.74 bits per heavy atom. The number of amides is 2. The average molecular weight is 783 g/mol. The number of hydrogen-bond acceptors (Lipinski definition) is 9. The predicted molar refractivity (Wildman–Crippen MR) is 211 cm³/mol. The third-order valence-electron chi connectivity index (χ3n) is 11.4. The number of halogens is 1. The second-order valence-corrected chi connectivity index (χ2v) is 19.0. The summed E-state index contributed by atoms with van der Waals surface area (Å²) in [5.74, 6) is 0.717. The van der Waals surface area contributed by atoms with E-state index in [1.54, 1.807) is 26.8 Å². The first-order valence-corrected chi connectivity index (χ1v) is 21.6. The lowest BCUT2D eigenvalue weighted by Gasteiger charge is -2.46. The highest BCUT2D eigenvalue weighted by Gasteiger charge is 2.44. The van der Waals surface area contributed by atoms with Crippen molar-refractivity contribution in [1.29, 1.82) is 0 Å². The van der Waals surface area contributed by atoms with Crippen LogP contribution in [0.15, 0.2) is 52.9 Å². The van der Waals surface area contributed by atoms with Gasteiger partial charge < -0.3 is 23.8 Å². The molecule has 0 aromatic heterocycles. The summed E-state index contributed by atoms with van der Waals surface area (Å²) in [4.78, 5) is 31.6. The molecule has 1 N–H and O–H groups in total. The van der Waals surface area contributed by atoms with E-state index in [1.165, 1.54) is 11.1 Å². The summed E-state index contributed by atoms with van der Waals surface area (Å²) < 4.78 is 45.3. The number of allylic oxidation sites excluding steroid dienone is 1. The van der Waals surface area contributed by atoms with E-state index in [0.29, 0.717) is 50.2 Å². The maximum atomic E-state index is 14.3. The predicted octanol–water partition coefficient (Wildman–Crippen LogP) is 6.95. The number of rotatable bonds is 5.